The van der Waals surface area contributed by atoms with E-state index in [4.69, 9.17) is 4.74 Å². The van der Waals surface area contributed by atoms with E-state index in [2.05, 4.69) is 10.6 Å². The van der Waals surface area contributed by atoms with Crippen molar-refractivity contribution in [2.24, 2.45) is 0 Å². The number of rotatable bonds is 5. The number of amides is 2. The lowest BCUT2D eigenvalue weighted by Gasteiger charge is -2.18. The second-order valence-corrected chi connectivity index (χ2v) is 6.30. The fourth-order valence-electron chi connectivity index (χ4n) is 3.03. The monoisotopic (exact) mass is 338 g/mol. The normalized spacial score (nSPS) is 14.2. The molecule has 2 aromatic rings. The smallest absolute Gasteiger partial charge is 0.258 e. The molecule has 0 aromatic heterocycles. The van der Waals surface area contributed by atoms with Crippen molar-refractivity contribution in [2.75, 3.05) is 11.9 Å². The second kappa shape index (κ2) is 7.38. The van der Waals surface area contributed by atoms with Crippen LogP contribution in [-0.4, -0.2) is 18.4 Å². The Morgan fingerprint density at radius 1 is 1.24 bits per heavy atom. The predicted molar refractivity (Wildman–Crippen MR) is 96.6 cm³/mol. The molecule has 5 nitrogen and oxygen atoms in total. The van der Waals surface area contributed by atoms with Gasteiger partial charge in [0, 0.05) is 12.1 Å². The first-order valence-electron chi connectivity index (χ1n) is 8.43. The molecule has 0 aliphatic carbocycles. The summed E-state index contributed by atoms with van der Waals surface area (Å²) in [4.78, 5) is 23.5. The first-order valence-corrected chi connectivity index (χ1v) is 8.43. The zero-order valence-corrected chi connectivity index (χ0v) is 14.5. The molecule has 0 fully saturated rings. The summed E-state index contributed by atoms with van der Waals surface area (Å²) in [6, 6.07) is 13.4. The number of fused-ring (bicyclic) bond motifs is 1. The lowest BCUT2D eigenvalue weighted by atomic mass is 10.0. The van der Waals surface area contributed by atoms with E-state index in [9.17, 15) is 9.59 Å². The molecule has 25 heavy (non-hydrogen) atoms. The van der Waals surface area contributed by atoms with Crippen LogP contribution in [0.4, 0.5) is 5.69 Å². The van der Waals surface area contributed by atoms with Crippen molar-refractivity contribution in [1.82, 2.24) is 5.32 Å². The molecule has 2 N–H and O–H groups in total. The molecule has 0 spiro atoms. The van der Waals surface area contributed by atoms with Gasteiger partial charge in [-0.3, -0.25) is 9.59 Å². The van der Waals surface area contributed by atoms with Gasteiger partial charge in [-0.1, -0.05) is 24.3 Å². The molecule has 1 aliphatic rings. The Labute approximate surface area is 147 Å². The van der Waals surface area contributed by atoms with Gasteiger partial charge in [-0.2, -0.15) is 0 Å². The standard InChI is InChI=1S/C20H22N2O3/c1-13-5-3-4-6-17(13)14(2)21-20(24)12-25-16-8-9-18-15(11-16)7-10-19(23)22-18/h3-6,8-9,11,14H,7,10,12H2,1-2H3,(H,21,24)(H,22,23). The zero-order valence-electron chi connectivity index (χ0n) is 14.5. The predicted octanol–water partition coefficient (Wildman–Crippen LogP) is 3.14. The van der Waals surface area contributed by atoms with E-state index in [0.717, 1.165) is 22.4 Å². The third kappa shape index (κ3) is 4.18. The summed E-state index contributed by atoms with van der Waals surface area (Å²) in [7, 11) is 0. The Hall–Kier alpha value is -2.82. The largest absolute Gasteiger partial charge is 0.484 e. The minimum atomic E-state index is -0.165. The fourth-order valence-corrected chi connectivity index (χ4v) is 3.03. The summed E-state index contributed by atoms with van der Waals surface area (Å²) in [6.45, 7) is 3.95. The summed E-state index contributed by atoms with van der Waals surface area (Å²) < 4.78 is 5.60. The summed E-state index contributed by atoms with van der Waals surface area (Å²) >= 11 is 0. The van der Waals surface area contributed by atoms with Crippen LogP contribution in [0.5, 0.6) is 5.75 Å². The van der Waals surface area contributed by atoms with E-state index >= 15 is 0 Å². The molecule has 5 heteroatoms. The fraction of sp³-hybridized carbons (Fsp3) is 0.300. The highest BCUT2D eigenvalue weighted by molar-refractivity contribution is 5.94. The number of carbonyl (C=O) groups is 2. The molecule has 2 aromatic carbocycles. The first kappa shape index (κ1) is 17.0. The number of hydrogen-bond acceptors (Lipinski definition) is 3. The van der Waals surface area contributed by atoms with E-state index in [1.165, 1.54) is 0 Å². The number of nitrogens with one attached hydrogen (secondary N) is 2. The maximum atomic E-state index is 12.2. The molecule has 0 radical (unpaired) electrons. The van der Waals surface area contributed by atoms with Crippen molar-refractivity contribution in [3.63, 3.8) is 0 Å². The van der Waals surface area contributed by atoms with Crippen LogP contribution in [0.25, 0.3) is 0 Å². The van der Waals surface area contributed by atoms with Crippen molar-refractivity contribution < 1.29 is 14.3 Å². The van der Waals surface area contributed by atoms with Crippen LogP contribution in [0, 0.1) is 6.92 Å². The zero-order chi connectivity index (χ0) is 17.8. The average molecular weight is 338 g/mol. The van der Waals surface area contributed by atoms with Crippen LogP contribution in [0.3, 0.4) is 0 Å². The van der Waals surface area contributed by atoms with Crippen molar-refractivity contribution >= 4 is 17.5 Å². The minimum absolute atomic E-state index is 0.0331. The Morgan fingerprint density at radius 3 is 2.84 bits per heavy atom. The van der Waals surface area contributed by atoms with Crippen LogP contribution in [0.1, 0.15) is 36.1 Å². The molecule has 0 bridgehead atoms. The molecule has 1 unspecified atom stereocenters. The quantitative estimate of drug-likeness (QED) is 0.880. The topological polar surface area (TPSA) is 67.4 Å². The van der Waals surface area contributed by atoms with Gasteiger partial charge in [-0.25, -0.2) is 0 Å². The Kier molecular flexibility index (Phi) is 5.03. The maximum absolute atomic E-state index is 12.2. The van der Waals surface area contributed by atoms with Crippen LogP contribution < -0.4 is 15.4 Å². The van der Waals surface area contributed by atoms with E-state index in [1.54, 1.807) is 6.07 Å². The molecule has 1 aliphatic heterocycles. The van der Waals surface area contributed by atoms with E-state index < -0.39 is 0 Å². The lowest BCUT2D eigenvalue weighted by Crippen LogP contribution is -2.31. The van der Waals surface area contributed by atoms with Gasteiger partial charge >= 0.3 is 0 Å². The molecule has 1 atom stereocenters. The molecule has 1 heterocycles. The average Bonchev–Trinajstić information content (AvgIpc) is 2.60. The van der Waals surface area contributed by atoms with Gasteiger partial charge in [0.25, 0.3) is 5.91 Å². The van der Waals surface area contributed by atoms with E-state index in [-0.39, 0.29) is 24.5 Å². The summed E-state index contributed by atoms with van der Waals surface area (Å²) in [5.74, 6) is 0.501. The molecule has 2 amide bonds. The van der Waals surface area contributed by atoms with Gasteiger partial charge in [0.1, 0.15) is 5.75 Å². The van der Waals surface area contributed by atoms with Crippen molar-refractivity contribution in [2.45, 2.75) is 32.7 Å². The highest BCUT2D eigenvalue weighted by Crippen LogP contribution is 2.26. The minimum Gasteiger partial charge on any atom is -0.484 e. The molecular weight excluding hydrogens is 316 g/mol. The number of anilines is 1. The van der Waals surface area contributed by atoms with Crippen LogP contribution >= 0.6 is 0 Å². The van der Waals surface area contributed by atoms with Gasteiger partial charge in [0.2, 0.25) is 5.91 Å². The number of aryl methyl sites for hydroxylation is 2. The number of ether oxygens (including phenoxy) is 1. The van der Waals surface area contributed by atoms with Gasteiger partial charge < -0.3 is 15.4 Å². The highest BCUT2D eigenvalue weighted by Gasteiger charge is 2.16. The second-order valence-electron chi connectivity index (χ2n) is 6.30. The molecular formula is C20H22N2O3. The molecule has 0 saturated carbocycles. The van der Waals surface area contributed by atoms with Gasteiger partial charge in [0.15, 0.2) is 6.61 Å². The van der Waals surface area contributed by atoms with Crippen molar-refractivity contribution in [1.29, 1.82) is 0 Å². The van der Waals surface area contributed by atoms with Crippen LogP contribution in [0.2, 0.25) is 0 Å². The van der Waals surface area contributed by atoms with Crippen molar-refractivity contribution in [3.8, 4) is 5.75 Å². The Balaban J connectivity index is 1.56. The van der Waals surface area contributed by atoms with Gasteiger partial charge in [0.05, 0.1) is 6.04 Å². The first-order chi connectivity index (χ1) is 12.0. The maximum Gasteiger partial charge on any atom is 0.258 e. The Morgan fingerprint density at radius 2 is 2.04 bits per heavy atom. The Bertz CT molecular complexity index is 801. The SMILES string of the molecule is Cc1ccccc1C(C)NC(=O)COc1ccc2c(c1)CCC(=O)N2. The highest BCUT2D eigenvalue weighted by atomic mass is 16.5. The van der Waals surface area contributed by atoms with Crippen LogP contribution in [-0.2, 0) is 16.0 Å². The summed E-state index contributed by atoms with van der Waals surface area (Å²) in [5.41, 5.74) is 4.10. The van der Waals surface area contributed by atoms with Crippen molar-refractivity contribution in [3.05, 3.63) is 59.2 Å². The van der Waals surface area contributed by atoms with Gasteiger partial charge in [-0.05, 0) is 55.2 Å². The van der Waals surface area contributed by atoms with E-state index in [0.29, 0.717) is 18.6 Å². The number of carbonyl (C=O) groups excluding carboxylic acids is 2. The van der Waals surface area contributed by atoms with E-state index in [1.807, 2.05) is 50.2 Å². The lowest BCUT2D eigenvalue weighted by molar-refractivity contribution is -0.123. The summed E-state index contributed by atoms with van der Waals surface area (Å²) in [6.07, 6.45) is 1.17. The third-order valence-electron chi connectivity index (χ3n) is 4.37. The number of benzene rings is 2. The van der Waals surface area contributed by atoms with Gasteiger partial charge in [-0.15, -0.1) is 0 Å². The number of hydrogen-bond donors (Lipinski definition) is 2. The summed E-state index contributed by atoms with van der Waals surface area (Å²) in [5, 5.41) is 5.78. The molecule has 3 rings (SSSR count). The molecule has 130 valence electrons. The third-order valence-corrected chi connectivity index (χ3v) is 4.37. The molecule has 0 saturated heterocycles. The van der Waals surface area contributed by atoms with Crippen LogP contribution in [0.15, 0.2) is 42.5 Å².